The second kappa shape index (κ2) is 4.65. The average molecular weight is 237 g/mol. The van der Waals surface area contributed by atoms with Crippen LogP contribution in [-0.4, -0.2) is 55.2 Å². The van der Waals surface area contributed by atoms with E-state index in [1.165, 1.54) is 5.56 Å². The van der Waals surface area contributed by atoms with Gasteiger partial charge in [0, 0.05) is 6.54 Å². The predicted molar refractivity (Wildman–Crippen MR) is 86.3 cm³/mol. The maximum Gasteiger partial charge on any atom is 0.116 e. The van der Waals surface area contributed by atoms with Gasteiger partial charge in [-0.25, -0.2) is 0 Å². The van der Waals surface area contributed by atoms with Gasteiger partial charge in [0.2, 0.25) is 0 Å². The second-order valence-electron chi connectivity index (χ2n) is 6.73. The van der Waals surface area contributed by atoms with Crippen LogP contribution in [0.5, 0.6) is 0 Å². The Morgan fingerprint density at radius 2 is 1.50 bits per heavy atom. The minimum absolute atomic E-state index is 0.240. The summed E-state index contributed by atoms with van der Waals surface area (Å²) in [5, 5.41) is -0.479. The van der Waals surface area contributed by atoms with E-state index in [0.717, 1.165) is 19.6 Å². The molecule has 2 nitrogen and oxygen atoms in total. The average Bonchev–Trinajstić information content (AvgIpc) is 2.26. The first-order chi connectivity index (χ1) is 8.31. The molecule has 1 aromatic carbocycles. The fraction of sp³-hybridized carbons (Fsp3) is 0.417. The predicted octanol–water partition coefficient (Wildman–Crippen LogP) is -2.16. The Bertz CT molecular complexity index is 427. The summed E-state index contributed by atoms with van der Waals surface area (Å²) in [5.41, 5.74) is 1.32. The van der Waals surface area contributed by atoms with Gasteiger partial charge in [0.15, 0.2) is 0 Å². The Balaban J connectivity index is 2.14. The number of hydrogen-bond acceptors (Lipinski definition) is 2. The van der Waals surface area contributed by atoms with Gasteiger partial charge in [-0.3, -0.25) is 4.90 Å². The van der Waals surface area contributed by atoms with Crippen molar-refractivity contribution >= 4 is 37.2 Å². The summed E-state index contributed by atoms with van der Waals surface area (Å²) in [7, 11) is 8.25. The Kier molecular flexibility index (Phi) is 3.50. The van der Waals surface area contributed by atoms with Crippen molar-refractivity contribution in [3.8, 4) is 0 Å². The molecule has 0 radical (unpaired) electrons. The summed E-state index contributed by atoms with van der Waals surface area (Å²) in [6, 6.07) is 10.5. The van der Waals surface area contributed by atoms with Gasteiger partial charge in [-0.2, -0.15) is 0 Å². The summed E-state index contributed by atoms with van der Waals surface area (Å²) < 4.78 is 0. The molecule has 1 saturated heterocycles. The SMILES string of the molecule is BC1(B)CN(Cc2ccccc2)CC(B)(B)C1=O. The maximum atomic E-state index is 12.3. The highest BCUT2D eigenvalue weighted by Crippen LogP contribution is 2.38. The van der Waals surface area contributed by atoms with E-state index in [-0.39, 0.29) is 10.4 Å². The van der Waals surface area contributed by atoms with Crippen LogP contribution >= 0.6 is 0 Å². The Morgan fingerprint density at radius 1 is 1.00 bits per heavy atom. The molecule has 0 unspecified atom stereocenters. The molecule has 0 atom stereocenters. The van der Waals surface area contributed by atoms with Gasteiger partial charge in [0.25, 0.3) is 0 Å². The molecule has 0 aromatic heterocycles. The van der Waals surface area contributed by atoms with Crippen molar-refractivity contribution in [1.29, 1.82) is 0 Å². The molecule has 18 heavy (non-hydrogen) atoms. The normalized spacial score (nSPS) is 22.8. The summed E-state index contributed by atoms with van der Waals surface area (Å²) in [6.07, 6.45) is 0. The van der Waals surface area contributed by atoms with E-state index in [1.807, 2.05) is 6.07 Å². The van der Waals surface area contributed by atoms with Gasteiger partial charge in [-0.05, 0) is 29.1 Å². The Labute approximate surface area is 113 Å². The molecule has 0 saturated carbocycles. The standard InChI is InChI=1S/C12H19B4NO/c13-11(14)7-17(8-12(15,16)10(11)18)6-9-4-2-1-3-5-9/h1-5H,6-8,13-16H2. The lowest BCUT2D eigenvalue weighted by Crippen LogP contribution is -2.54. The molecule has 0 aliphatic carbocycles. The number of benzene rings is 1. The first-order valence-corrected chi connectivity index (χ1v) is 6.62. The first-order valence-electron chi connectivity index (χ1n) is 6.62. The zero-order chi connectivity index (χ0) is 13.4. The molecule has 6 heteroatoms. The number of carbonyl (C=O) groups is 1. The van der Waals surface area contributed by atoms with Gasteiger partial charge >= 0.3 is 0 Å². The first kappa shape index (κ1) is 13.5. The maximum absolute atomic E-state index is 12.3. The van der Waals surface area contributed by atoms with Gasteiger partial charge in [0.1, 0.15) is 37.2 Å². The second-order valence-corrected chi connectivity index (χ2v) is 6.73. The van der Waals surface area contributed by atoms with Crippen LogP contribution in [-0.2, 0) is 11.3 Å². The quantitative estimate of drug-likeness (QED) is 0.545. The number of likely N-dealkylation sites (tertiary alicyclic amines) is 1. The van der Waals surface area contributed by atoms with Crippen molar-refractivity contribution in [2.45, 2.75) is 17.0 Å². The molecule has 0 spiro atoms. The third-order valence-electron chi connectivity index (χ3n) is 3.72. The van der Waals surface area contributed by atoms with E-state index in [0.29, 0.717) is 5.78 Å². The van der Waals surface area contributed by atoms with Crippen LogP contribution < -0.4 is 0 Å². The summed E-state index contributed by atoms with van der Waals surface area (Å²) >= 11 is 0. The number of rotatable bonds is 2. The van der Waals surface area contributed by atoms with Gasteiger partial charge < -0.3 is 4.79 Å². The number of Topliss-reactive ketones (excluding diaryl/α,β-unsaturated/α-hetero) is 1. The van der Waals surface area contributed by atoms with Crippen molar-refractivity contribution in [2.75, 3.05) is 13.1 Å². The number of carbonyl (C=O) groups excluding carboxylic acids is 1. The van der Waals surface area contributed by atoms with Crippen LogP contribution in [0.3, 0.4) is 0 Å². The fourth-order valence-electron chi connectivity index (χ4n) is 3.19. The van der Waals surface area contributed by atoms with E-state index in [4.69, 9.17) is 0 Å². The van der Waals surface area contributed by atoms with Crippen LogP contribution in [0.25, 0.3) is 0 Å². The van der Waals surface area contributed by atoms with Gasteiger partial charge in [-0.1, -0.05) is 30.3 Å². The van der Waals surface area contributed by atoms with Crippen LogP contribution in [0, 0.1) is 0 Å². The number of piperidine rings is 1. The number of ketones is 1. The van der Waals surface area contributed by atoms with Gasteiger partial charge in [-0.15, -0.1) is 0 Å². The van der Waals surface area contributed by atoms with Crippen molar-refractivity contribution in [2.24, 2.45) is 0 Å². The molecular weight excluding hydrogens is 217 g/mol. The molecule has 2 rings (SSSR count). The van der Waals surface area contributed by atoms with Crippen LogP contribution in [0.4, 0.5) is 0 Å². The highest BCUT2D eigenvalue weighted by atomic mass is 16.1. The van der Waals surface area contributed by atoms with E-state index in [9.17, 15) is 4.79 Å². The van der Waals surface area contributed by atoms with E-state index in [1.54, 1.807) is 0 Å². The third kappa shape index (κ3) is 2.74. The zero-order valence-electron chi connectivity index (χ0n) is 11.9. The topological polar surface area (TPSA) is 20.3 Å². The Hall–Kier alpha value is -0.890. The zero-order valence-corrected chi connectivity index (χ0v) is 11.9. The smallest absolute Gasteiger partial charge is 0.116 e. The molecule has 1 aliphatic rings. The highest BCUT2D eigenvalue weighted by Gasteiger charge is 2.44. The van der Waals surface area contributed by atoms with Crippen molar-refractivity contribution in [1.82, 2.24) is 4.90 Å². The third-order valence-corrected chi connectivity index (χ3v) is 3.72. The lowest BCUT2D eigenvalue weighted by Gasteiger charge is -2.46. The molecule has 90 valence electrons. The summed E-state index contributed by atoms with van der Waals surface area (Å²) in [4.78, 5) is 14.7. The molecule has 1 aliphatic heterocycles. The molecular formula is C12H19B4NO. The lowest BCUT2D eigenvalue weighted by molar-refractivity contribution is -0.123. The lowest BCUT2D eigenvalue weighted by atomic mass is 9.38. The minimum atomic E-state index is -0.240. The van der Waals surface area contributed by atoms with Crippen LogP contribution in [0.1, 0.15) is 5.56 Å². The van der Waals surface area contributed by atoms with Crippen molar-refractivity contribution in [3.63, 3.8) is 0 Å². The van der Waals surface area contributed by atoms with Crippen LogP contribution in [0.15, 0.2) is 30.3 Å². The summed E-state index contributed by atoms with van der Waals surface area (Å²) in [6.45, 7) is 2.63. The van der Waals surface area contributed by atoms with Crippen LogP contribution in [0.2, 0.25) is 10.4 Å². The molecule has 1 fully saturated rings. The number of nitrogens with zero attached hydrogens (tertiary/aromatic N) is 1. The molecule has 0 N–H and O–H groups in total. The van der Waals surface area contributed by atoms with E-state index >= 15 is 0 Å². The molecule has 0 amide bonds. The van der Waals surface area contributed by atoms with Crippen molar-refractivity contribution in [3.05, 3.63) is 35.9 Å². The Morgan fingerprint density at radius 3 is 2.00 bits per heavy atom. The highest BCUT2D eigenvalue weighted by molar-refractivity contribution is 6.62. The fourth-order valence-corrected chi connectivity index (χ4v) is 3.19. The van der Waals surface area contributed by atoms with E-state index < -0.39 is 0 Å². The van der Waals surface area contributed by atoms with Gasteiger partial charge in [0.05, 0.1) is 0 Å². The van der Waals surface area contributed by atoms with E-state index in [2.05, 4.69) is 60.6 Å². The number of hydrogen-bond donors (Lipinski definition) is 0. The molecule has 1 aromatic rings. The van der Waals surface area contributed by atoms with Crippen molar-refractivity contribution < 1.29 is 4.79 Å². The molecule has 0 bridgehead atoms. The summed E-state index contributed by atoms with van der Waals surface area (Å²) in [5.74, 6) is 0.388. The largest absolute Gasteiger partial charge is 0.302 e. The molecule has 1 heterocycles. The minimum Gasteiger partial charge on any atom is -0.302 e. The monoisotopic (exact) mass is 237 g/mol.